The zero-order valence-corrected chi connectivity index (χ0v) is 10.8. The average molecular weight is 246 g/mol. The molecule has 1 heterocycles. The Hall–Kier alpha value is -1.84. The van der Waals surface area contributed by atoms with Gasteiger partial charge in [-0.3, -0.25) is 9.59 Å². The standard InChI is InChI=1S/C14H18N2O2/c1-3-14(18)16-8-4-5-11-9-12(15-10(2)17)6-7-13(11)16/h6-7,9H,3-5,8H2,1-2H3,(H,15,17). The first-order valence-corrected chi connectivity index (χ1v) is 6.32. The predicted octanol–water partition coefficient (Wildman–Crippen LogP) is 2.33. The van der Waals surface area contributed by atoms with E-state index in [1.165, 1.54) is 6.92 Å². The summed E-state index contributed by atoms with van der Waals surface area (Å²) in [6, 6.07) is 5.74. The molecule has 0 bridgehead atoms. The summed E-state index contributed by atoms with van der Waals surface area (Å²) in [7, 11) is 0. The Morgan fingerprint density at radius 2 is 2.17 bits per heavy atom. The number of fused-ring (bicyclic) bond motifs is 1. The second kappa shape index (κ2) is 5.21. The van der Waals surface area contributed by atoms with Crippen LogP contribution in [0.4, 0.5) is 11.4 Å². The molecule has 1 N–H and O–H groups in total. The number of aryl methyl sites for hydroxylation is 1. The van der Waals surface area contributed by atoms with Crippen LogP contribution in [-0.4, -0.2) is 18.4 Å². The molecule has 0 saturated carbocycles. The number of hydrogen-bond donors (Lipinski definition) is 1. The normalized spacial score (nSPS) is 14.0. The molecular formula is C14H18N2O2. The second-order valence-electron chi connectivity index (χ2n) is 4.53. The Morgan fingerprint density at radius 3 is 2.83 bits per heavy atom. The van der Waals surface area contributed by atoms with Crippen LogP contribution in [0.5, 0.6) is 0 Å². The highest BCUT2D eigenvalue weighted by Crippen LogP contribution is 2.30. The van der Waals surface area contributed by atoms with Crippen molar-refractivity contribution in [1.29, 1.82) is 0 Å². The van der Waals surface area contributed by atoms with Crippen LogP contribution in [0.25, 0.3) is 0 Å². The fourth-order valence-corrected chi connectivity index (χ4v) is 2.33. The Morgan fingerprint density at radius 1 is 1.39 bits per heavy atom. The van der Waals surface area contributed by atoms with Crippen LogP contribution >= 0.6 is 0 Å². The van der Waals surface area contributed by atoms with Crippen LogP contribution in [-0.2, 0) is 16.0 Å². The van der Waals surface area contributed by atoms with Crippen LogP contribution in [0, 0.1) is 0 Å². The molecule has 0 unspecified atom stereocenters. The van der Waals surface area contributed by atoms with E-state index in [2.05, 4.69) is 5.32 Å². The van der Waals surface area contributed by atoms with Crippen molar-refractivity contribution in [2.75, 3.05) is 16.8 Å². The van der Waals surface area contributed by atoms with E-state index in [1.54, 1.807) is 0 Å². The number of benzene rings is 1. The molecule has 0 radical (unpaired) electrons. The van der Waals surface area contributed by atoms with Gasteiger partial charge in [-0.2, -0.15) is 0 Å². The number of anilines is 2. The highest BCUT2D eigenvalue weighted by molar-refractivity contribution is 5.95. The summed E-state index contributed by atoms with van der Waals surface area (Å²) < 4.78 is 0. The highest BCUT2D eigenvalue weighted by atomic mass is 16.2. The fourth-order valence-electron chi connectivity index (χ4n) is 2.33. The van der Waals surface area contributed by atoms with E-state index in [-0.39, 0.29) is 11.8 Å². The number of carbonyl (C=O) groups excluding carboxylic acids is 2. The van der Waals surface area contributed by atoms with Crippen LogP contribution in [0.15, 0.2) is 18.2 Å². The molecule has 2 rings (SSSR count). The van der Waals surface area contributed by atoms with Crippen molar-refractivity contribution < 1.29 is 9.59 Å². The SMILES string of the molecule is CCC(=O)N1CCCc2cc(NC(C)=O)ccc21. The first kappa shape index (κ1) is 12.6. The molecule has 1 aliphatic rings. The van der Waals surface area contributed by atoms with Gasteiger partial charge in [0, 0.05) is 31.3 Å². The summed E-state index contributed by atoms with van der Waals surface area (Å²) >= 11 is 0. The van der Waals surface area contributed by atoms with E-state index in [9.17, 15) is 9.59 Å². The first-order chi connectivity index (χ1) is 8.61. The molecular weight excluding hydrogens is 228 g/mol. The van der Waals surface area contributed by atoms with E-state index in [0.717, 1.165) is 36.3 Å². The third-order valence-electron chi connectivity index (χ3n) is 3.12. The van der Waals surface area contributed by atoms with Gasteiger partial charge in [0.15, 0.2) is 0 Å². The highest BCUT2D eigenvalue weighted by Gasteiger charge is 2.21. The van der Waals surface area contributed by atoms with Crippen molar-refractivity contribution in [1.82, 2.24) is 0 Å². The van der Waals surface area contributed by atoms with Crippen molar-refractivity contribution in [3.8, 4) is 0 Å². The van der Waals surface area contributed by atoms with Crippen molar-refractivity contribution >= 4 is 23.2 Å². The molecule has 0 aromatic heterocycles. The summed E-state index contributed by atoms with van der Waals surface area (Å²) in [5.41, 5.74) is 2.92. The zero-order valence-electron chi connectivity index (χ0n) is 10.8. The summed E-state index contributed by atoms with van der Waals surface area (Å²) in [4.78, 5) is 24.7. The topological polar surface area (TPSA) is 49.4 Å². The number of rotatable bonds is 2. The number of nitrogens with zero attached hydrogens (tertiary/aromatic N) is 1. The van der Waals surface area contributed by atoms with Gasteiger partial charge in [-0.05, 0) is 36.6 Å². The molecule has 1 aliphatic heterocycles. The van der Waals surface area contributed by atoms with Gasteiger partial charge in [0.2, 0.25) is 11.8 Å². The Labute approximate surface area is 107 Å². The molecule has 18 heavy (non-hydrogen) atoms. The van der Waals surface area contributed by atoms with Crippen LogP contribution < -0.4 is 10.2 Å². The lowest BCUT2D eigenvalue weighted by atomic mass is 10.0. The minimum Gasteiger partial charge on any atom is -0.326 e. The molecule has 0 aliphatic carbocycles. The molecule has 0 spiro atoms. The number of hydrogen-bond acceptors (Lipinski definition) is 2. The number of amides is 2. The molecule has 96 valence electrons. The lowest BCUT2D eigenvalue weighted by Crippen LogP contribution is -2.34. The maximum absolute atomic E-state index is 11.8. The van der Waals surface area contributed by atoms with Crippen LogP contribution in [0.1, 0.15) is 32.3 Å². The van der Waals surface area contributed by atoms with Crippen molar-refractivity contribution in [3.63, 3.8) is 0 Å². The summed E-state index contributed by atoms with van der Waals surface area (Å²) in [5, 5.41) is 2.77. The van der Waals surface area contributed by atoms with Crippen molar-refractivity contribution in [3.05, 3.63) is 23.8 Å². The molecule has 2 amide bonds. The third kappa shape index (κ3) is 2.53. The smallest absolute Gasteiger partial charge is 0.226 e. The maximum Gasteiger partial charge on any atom is 0.226 e. The van der Waals surface area contributed by atoms with E-state index in [1.807, 2.05) is 30.0 Å². The zero-order chi connectivity index (χ0) is 13.1. The lowest BCUT2D eigenvalue weighted by Gasteiger charge is -2.29. The van der Waals surface area contributed by atoms with Crippen molar-refractivity contribution in [2.45, 2.75) is 33.1 Å². The minimum atomic E-state index is -0.0766. The van der Waals surface area contributed by atoms with Crippen molar-refractivity contribution in [2.24, 2.45) is 0 Å². The van der Waals surface area contributed by atoms with E-state index >= 15 is 0 Å². The quantitative estimate of drug-likeness (QED) is 0.870. The predicted molar refractivity (Wildman–Crippen MR) is 71.7 cm³/mol. The molecule has 4 heteroatoms. The summed E-state index contributed by atoms with van der Waals surface area (Å²) in [6.07, 6.45) is 2.45. The second-order valence-corrected chi connectivity index (χ2v) is 4.53. The van der Waals surface area contributed by atoms with Gasteiger partial charge >= 0.3 is 0 Å². The Balaban J connectivity index is 2.30. The maximum atomic E-state index is 11.8. The number of carbonyl (C=O) groups is 2. The van der Waals surface area contributed by atoms with Crippen LogP contribution in [0.3, 0.4) is 0 Å². The van der Waals surface area contributed by atoms with Crippen LogP contribution in [0.2, 0.25) is 0 Å². The van der Waals surface area contributed by atoms with Gasteiger partial charge in [-0.25, -0.2) is 0 Å². The fraction of sp³-hybridized carbons (Fsp3) is 0.429. The van der Waals surface area contributed by atoms with Gasteiger partial charge in [0.25, 0.3) is 0 Å². The van der Waals surface area contributed by atoms with Gasteiger partial charge in [0.05, 0.1) is 0 Å². The monoisotopic (exact) mass is 246 g/mol. The van der Waals surface area contributed by atoms with Gasteiger partial charge in [-0.1, -0.05) is 6.92 Å². The third-order valence-corrected chi connectivity index (χ3v) is 3.12. The molecule has 0 fully saturated rings. The van der Waals surface area contributed by atoms with Gasteiger partial charge in [-0.15, -0.1) is 0 Å². The molecule has 1 aromatic carbocycles. The molecule has 0 atom stereocenters. The first-order valence-electron chi connectivity index (χ1n) is 6.32. The van der Waals surface area contributed by atoms with E-state index in [4.69, 9.17) is 0 Å². The Bertz CT molecular complexity index is 483. The van der Waals surface area contributed by atoms with Gasteiger partial charge < -0.3 is 10.2 Å². The summed E-state index contributed by atoms with van der Waals surface area (Å²) in [5.74, 6) is 0.0791. The average Bonchev–Trinajstić information content (AvgIpc) is 2.36. The summed E-state index contributed by atoms with van der Waals surface area (Å²) in [6.45, 7) is 4.16. The molecule has 0 saturated heterocycles. The van der Waals surface area contributed by atoms with E-state index in [0.29, 0.717) is 6.42 Å². The molecule has 1 aromatic rings. The lowest BCUT2D eigenvalue weighted by molar-refractivity contribution is -0.118. The molecule has 4 nitrogen and oxygen atoms in total. The Kier molecular flexibility index (Phi) is 3.65. The number of nitrogens with one attached hydrogen (secondary N) is 1. The van der Waals surface area contributed by atoms with E-state index < -0.39 is 0 Å². The van der Waals surface area contributed by atoms with Gasteiger partial charge in [0.1, 0.15) is 0 Å². The largest absolute Gasteiger partial charge is 0.326 e. The minimum absolute atomic E-state index is 0.0766.